The Bertz CT molecular complexity index is 441. The molecule has 0 spiro atoms. The Morgan fingerprint density at radius 1 is 1.24 bits per heavy atom. The Labute approximate surface area is 134 Å². The van der Waals surface area contributed by atoms with Crippen LogP contribution in [0.2, 0.25) is 0 Å². The lowest BCUT2D eigenvalue weighted by molar-refractivity contribution is -0.126. The van der Waals surface area contributed by atoms with Gasteiger partial charge in [0, 0.05) is 17.4 Å². The third-order valence-electron chi connectivity index (χ3n) is 4.67. The molecule has 1 aromatic carbocycles. The lowest BCUT2D eigenvalue weighted by atomic mass is 9.78. The number of carbonyl (C=O) groups is 1. The topological polar surface area (TPSA) is 41.1 Å². The van der Waals surface area contributed by atoms with Crippen molar-refractivity contribution in [3.8, 4) is 0 Å². The van der Waals surface area contributed by atoms with Gasteiger partial charge in [0.15, 0.2) is 0 Å². The summed E-state index contributed by atoms with van der Waals surface area (Å²) >= 11 is 0. The minimum absolute atomic E-state index is 0. The number of halogens is 1. The SMILES string of the molecule is CC(NC(=O)C1CCNCC1)C(C)(C)c1ccccc1.Cl. The highest BCUT2D eigenvalue weighted by Crippen LogP contribution is 2.27. The molecule has 1 aromatic rings. The van der Waals surface area contributed by atoms with E-state index in [1.165, 1.54) is 5.56 Å². The summed E-state index contributed by atoms with van der Waals surface area (Å²) in [6, 6.07) is 10.5. The number of piperidine rings is 1. The van der Waals surface area contributed by atoms with Crippen molar-refractivity contribution in [3.63, 3.8) is 0 Å². The van der Waals surface area contributed by atoms with Gasteiger partial charge in [-0.05, 0) is 38.4 Å². The highest BCUT2D eigenvalue weighted by molar-refractivity contribution is 5.85. The zero-order chi connectivity index (χ0) is 14.6. The molecule has 0 saturated carbocycles. The van der Waals surface area contributed by atoms with Gasteiger partial charge in [0.1, 0.15) is 0 Å². The third-order valence-corrected chi connectivity index (χ3v) is 4.67. The molecular weight excluding hydrogens is 284 g/mol. The monoisotopic (exact) mass is 310 g/mol. The summed E-state index contributed by atoms with van der Waals surface area (Å²) in [6.07, 6.45) is 1.90. The van der Waals surface area contributed by atoms with Gasteiger partial charge in [-0.15, -0.1) is 12.4 Å². The molecule has 1 unspecified atom stereocenters. The van der Waals surface area contributed by atoms with Crippen LogP contribution in [0.3, 0.4) is 0 Å². The van der Waals surface area contributed by atoms with Crippen LogP contribution in [-0.2, 0) is 10.2 Å². The van der Waals surface area contributed by atoms with Crippen LogP contribution in [-0.4, -0.2) is 25.0 Å². The van der Waals surface area contributed by atoms with Gasteiger partial charge in [0.25, 0.3) is 0 Å². The van der Waals surface area contributed by atoms with E-state index in [1.54, 1.807) is 0 Å². The van der Waals surface area contributed by atoms with Crippen molar-refractivity contribution in [2.75, 3.05) is 13.1 Å². The molecule has 4 heteroatoms. The van der Waals surface area contributed by atoms with Crippen LogP contribution in [0.1, 0.15) is 39.2 Å². The number of hydrogen-bond acceptors (Lipinski definition) is 2. The van der Waals surface area contributed by atoms with Crippen molar-refractivity contribution < 1.29 is 4.79 Å². The first-order valence-corrected chi connectivity index (χ1v) is 7.58. The Balaban J connectivity index is 0.00000220. The van der Waals surface area contributed by atoms with Crippen LogP contribution in [0.25, 0.3) is 0 Å². The van der Waals surface area contributed by atoms with Gasteiger partial charge in [0.05, 0.1) is 0 Å². The number of benzene rings is 1. The summed E-state index contributed by atoms with van der Waals surface area (Å²) in [6.45, 7) is 8.39. The average Bonchev–Trinajstić information content (AvgIpc) is 2.49. The fourth-order valence-corrected chi connectivity index (χ4v) is 2.71. The fourth-order valence-electron chi connectivity index (χ4n) is 2.71. The van der Waals surface area contributed by atoms with Gasteiger partial charge >= 0.3 is 0 Å². The second-order valence-corrected chi connectivity index (χ2v) is 6.34. The second kappa shape index (κ2) is 7.81. The van der Waals surface area contributed by atoms with Gasteiger partial charge in [-0.25, -0.2) is 0 Å². The molecule has 1 fully saturated rings. The summed E-state index contributed by atoms with van der Waals surface area (Å²) in [7, 11) is 0. The van der Waals surface area contributed by atoms with Gasteiger partial charge < -0.3 is 10.6 Å². The Morgan fingerprint density at radius 3 is 2.38 bits per heavy atom. The summed E-state index contributed by atoms with van der Waals surface area (Å²) in [5.74, 6) is 0.383. The molecule has 1 amide bonds. The van der Waals surface area contributed by atoms with Crippen LogP contribution in [0.5, 0.6) is 0 Å². The van der Waals surface area contributed by atoms with Crippen molar-refractivity contribution in [3.05, 3.63) is 35.9 Å². The van der Waals surface area contributed by atoms with E-state index in [-0.39, 0.29) is 35.7 Å². The van der Waals surface area contributed by atoms with Gasteiger partial charge in [0.2, 0.25) is 5.91 Å². The summed E-state index contributed by atoms with van der Waals surface area (Å²) in [5.41, 5.74) is 1.20. The normalized spacial score (nSPS) is 17.7. The Morgan fingerprint density at radius 2 is 1.81 bits per heavy atom. The lowest BCUT2D eigenvalue weighted by Gasteiger charge is -2.34. The molecule has 2 N–H and O–H groups in total. The van der Waals surface area contributed by atoms with E-state index in [0.717, 1.165) is 25.9 Å². The number of carbonyl (C=O) groups excluding carboxylic acids is 1. The predicted octanol–water partition coefficient (Wildman–Crippen LogP) is 2.89. The summed E-state index contributed by atoms with van der Waals surface area (Å²) in [5, 5.41) is 6.52. The van der Waals surface area contributed by atoms with Gasteiger partial charge in [-0.2, -0.15) is 0 Å². The maximum atomic E-state index is 12.3. The number of hydrogen-bond donors (Lipinski definition) is 2. The highest BCUT2D eigenvalue weighted by Gasteiger charge is 2.31. The first kappa shape index (κ1) is 18.0. The molecular formula is C17H27ClN2O. The van der Waals surface area contributed by atoms with Crippen molar-refractivity contribution in [2.24, 2.45) is 5.92 Å². The van der Waals surface area contributed by atoms with E-state index >= 15 is 0 Å². The van der Waals surface area contributed by atoms with E-state index in [1.807, 2.05) is 6.07 Å². The maximum absolute atomic E-state index is 12.3. The quantitative estimate of drug-likeness (QED) is 0.898. The number of rotatable bonds is 4. The van der Waals surface area contributed by atoms with Crippen LogP contribution in [0, 0.1) is 5.92 Å². The van der Waals surface area contributed by atoms with E-state index < -0.39 is 0 Å². The number of amides is 1. The summed E-state index contributed by atoms with van der Waals surface area (Å²) in [4.78, 5) is 12.3. The molecule has 0 aliphatic carbocycles. The Kier molecular flexibility index (Phi) is 6.69. The van der Waals surface area contributed by atoms with Crippen molar-refractivity contribution in [1.82, 2.24) is 10.6 Å². The zero-order valence-corrected chi connectivity index (χ0v) is 14.0. The summed E-state index contributed by atoms with van der Waals surface area (Å²) < 4.78 is 0. The van der Waals surface area contributed by atoms with Crippen LogP contribution < -0.4 is 10.6 Å². The van der Waals surface area contributed by atoms with Gasteiger partial charge in [-0.1, -0.05) is 44.2 Å². The molecule has 2 rings (SSSR count). The van der Waals surface area contributed by atoms with Crippen molar-refractivity contribution in [1.29, 1.82) is 0 Å². The minimum Gasteiger partial charge on any atom is -0.353 e. The van der Waals surface area contributed by atoms with Gasteiger partial charge in [-0.3, -0.25) is 4.79 Å². The minimum atomic E-state index is -0.0656. The molecule has 118 valence electrons. The van der Waals surface area contributed by atoms with E-state index in [4.69, 9.17) is 0 Å². The van der Waals surface area contributed by atoms with Crippen LogP contribution in [0.4, 0.5) is 0 Å². The van der Waals surface area contributed by atoms with E-state index in [2.05, 4.69) is 55.7 Å². The zero-order valence-electron chi connectivity index (χ0n) is 13.2. The number of nitrogens with one attached hydrogen (secondary N) is 2. The molecule has 1 aliphatic rings. The van der Waals surface area contributed by atoms with Crippen LogP contribution >= 0.6 is 12.4 Å². The highest BCUT2D eigenvalue weighted by atomic mass is 35.5. The van der Waals surface area contributed by atoms with Crippen molar-refractivity contribution in [2.45, 2.75) is 45.1 Å². The molecule has 1 saturated heterocycles. The second-order valence-electron chi connectivity index (χ2n) is 6.34. The fraction of sp³-hybridized carbons (Fsp3) is 0.588. The average molecular weight is 311 g/mol. The first-order chi connectivity index (χ1) is 9.51. The molecule has 1 atom stereocenters. The predicted molar refractivity (Wildman–Crippen MR) is 89.9 cm³/mol. The first-order valence-electron chi connectivity index (χ1n) is 7.58. The van der Waals surface area contributed by atoms with Crippen LogP contribution in [0.15, 0.2) is 30.3 Å². The molecule has 0 radical (unpaired) electrons. The third kappa shape index (κ3) is 4.45. The lowest BCUT2D eigenvalue weighted by Crippen LogP contribution is -2.48. The van der Waals surface area contributed by atoms with E-state index in [9.17, 15) is 4.79 Å². The molecule has 1 heterocycles. The standard InChI is InChI=1S/C17H26N2O.ClH/c1-13(17(2,3)15-7-5-4-6-8-15)19-16(20)14-9-11-18-12-10-14;/h4-8,13-14,18H,9-12H2,1-3H3,(H,19,20);1H. The van der Waals surface area contributed by atoms with E-state index in [0.29, 0.717) is 0 Å². The van der Waals surface area contributed by atoms with Crippen molar-refractivity contribution >= 4 is 18.3 Å². The molecule has 21 heavy (non-hydrogen) atoms. The maximum Gasteiger partial charge on any atom is 0.223 e. The molecule has 0 bridgehead atoms. The smallest absolute Gasteiger partial charge is 0.223 e. The molecule has 3 nitrogen and oxygen atoms in total. The molecule has 1 aliphatic heterocycles. The largest absolute Gasteiger partial charge is 0.353 e. The molecule has 0 aromatic heterocycles. The Hall–Kier alpha value is -1.06.